The molecule has 1 aromatic carbocycles. The summed E-state index contributed by atoms with van der Waals surface area (Å²) in [6, 6.07) is 3.94. The molecule has 1 heterocycles. The fraction of sp³-hybridized carbons (Fsp3) is 0.562. The van der Waals surface area contributed by atoms with Crippen molar-refractivity contribution in [1.29, 1.82) is 0 Å². The SMILES string of the molecule is CC(C)CC(=O)N1CCN(c2ccc(Cl)c(C(F)(F)F)c2)CC1. The van der Waals surface area contributed by atoms with Crippen LogP contribution in [0.3, 0.4) is 0 Å². The molecule has 7 heteroatoms. The Hall–Kier alpha value is -1.43. The molecule has 1 amide bonds. The summed E-state index contributed by atoms with van der Waals surface area (Å²) in [6.07, 6.45) is -3.97. The van der Waals surface area contributed by atoms with E-state index in [1.54, 1.807) is 11.0 Å². The molecule has 0 radical (unpaired) electrons. The third kappa shape index (κ3) is 4.53. The molecule has 0 unspecified atom stereocenters. The highest BCUT2D eigenvalue weighted by Gasteiger charge is 2.34. The summed E-state index contributed by atoms with van der Waals surface area (Å²) in [7, 11) is 0. The molecule has 0 spiro atoms. The van der Waals surface area contributed by atoms with Crippen molar-refractivity contribution >= 4 is 23.2 Å². The second-order valence-corrected chi connectivity index (χ2v) is 6.53. The zero-order valence-electron chi connectivity index (χ0n) is 13.2. The van der Waals surface area contributed by atoms with Crippen LogP contribution in [0.15, 0.2) is 18.2 Å². The van der Waals surface area contributed by atoms with Gasteiger partial charge in [0, 0.05) is 38.3 Å². The van der Waals surface area contributed by atoms with E-state index in [9.17, 15) is 18.0 Å². The lowest BCUT2D eigenvalue weighted by Gasteiger charge is -2.36. The maximum absolute atomic E-state index is 12.9. The van der Waals surface area contributed by atoms with E-state index >= 15 is 0 Å². The Morgan fingerprint density at radius 3 is 2.35 bits per heavy atom. The molecule has 0 N–H and O–H groups in total. The summed E-state index contributed by atoms with van der Waals surface area (Å²) in [5, 5.41) is -0.299. The van der Waals surface area contributed by atoms with Crippen LogP contribution in [-0.4, -0.2) is 37.0 Å². The quantitative estimate of drug-likeness (QED) is 0.822. The number of hydrogen-bond acceptors (Lipinski definition) is 2. The number of rotatable bonds is 3. The Bertz CT molecular complexity index is 567. The average molecular weight is 349 g/mol. The van der Waals surface area contributed by atoms with E-state index < -0.39 is 11.7 Å². The van der Waals surface area contributed by atoms with E-state index in [2.05, 4.69) is 0 Å². The Labute approximate surface area is 139 Å². The van der Waals surface area contributed by atoms with E-state index in [-0.39, 0.29) is 10.9 Å². The highest BCUT2D eigenvalue weighted by Crippen LogP contribution is 2.37. The topological polar surface area (TPSA) is 23.6 Å². The Morgan fingerprint density at radius 2 is 1.83 bits per heavy atom. The van der Waals surface area contributed by atoms with Crippen LogP contribution in [0.25, 0.3) is 0 Å². The van der Waals surface area contributed by atoms with E-state index in [1.807, 2.05) is 18.7 Å². The summed E-state index contributed by atoms with van der Waals surface area (Å²) in [4.78, 5) is 15.6. The van der Waals surface area contributed by atoms with Crippen LogP contribution < -0.4 is 4.90 Å². The van der Waals surface area contributed by atoms with Gasteiger partial charge in [0.05, 0.1) is 10.6 Å². The van der Waals surface area contributed by atoms with Crippen LogP contribution in [0.1, 0.15) is 25.8 Å². The van der Waals surface area contributed by atoms with Gasteiger partial charge in [-0.2, -0.15) is 13.2 Å². The summed E-state index contributed by atoms with van der Waals surface area (Å²) < 4.78 is 38.8. The molecule has 0 atom stereocenters. The standard InChI is InChI=1S/C16H20ClF3N2O/c1-11(2)9-15(23)22-7-5-21(6-8-22)12-3-4-14(17)13(10-12)16(18,19)20/h3-4,10-11H,5-9H2,1-2H3. The number of halogens is 4. The molecule has 1 fully saturated rings. The van der Waals surface area contributed by atoms with Crippen LogP contribution in [0, 0.1) is 5.92 Å². The summed E-state index contributed by atoms with van der Waals surface area (Å²) in [6.45, 7) is 6.05. The van der Waals surface area contributed by atoms with Crippen molar-refractivity contribution in [1.82, 2.24) is 4.90 Å². The largest absolute Gasteiger partial charge is 0.417 e. The molecule has 23 heavy (non-hydrogen) atoms. The lowest BCUT2D eigenvalue weighted by Crippen LogP contribution is -2.49. The average Bonchev–Trinajstić information content (AvgIpc) is 2.46. The van der Waals surface area contributed by atoms with Gasteiger partial charge in [-0.15, -0.1) is 0 Å². The number of carbonyl (C=O) groups excluding carboxylic acids is 1. The molecule has 1 aromatic rings. The van der Waals surface area contributed by atoms with Gasteiger partial charge in [0.25, 0.3) is 0 Å². The lowest BCUT2D eigenvalue weighted by atomic mass is 10.1. The number of benzene rings is 1. The zero-order valence-corrected chi connectivity index (χ0v) is 13.9. The molecule has 3 nitrogen and oxygen atoms in total. The molecule has 0 aromatic heterocycles. The van der Waals surface area contributed by atoms with Gasteiger partial charge in [-0.05, 0) is 24.1 Å². The van der Waals surface area contributed by atoms with Crippen molar-refractivity contribution in [3.8, 4) is 0 Å². The van der Waals surface area contributed by atoms with Gasteiger partial charge in [-0.1, -0.05) is 25.4 Å². The number of nitrogens with zero attached hydrogens (tertiary/aromatic N) is 2. The van der Waals surface area contributed by atoms with Gasteiger partial charge in [-0.25, -0.2) is 0 Å². The van der Waals surface area contributed by atoms with Crippen molar-refractivity contribution in [3.63, 3.8) is 0 Å². The monoisotopic (exact) mass is 348 g/mol. The van der Waals surface area contributed by atoms with Gasteiger partial charge >= 0.3 is 6.18 Å². The molecule has 1 saturated heterocycles. The number of anilines is 1. The second kappa shape index (κ2) is 6.99. The second-order valence-electron chi connectivity index (χ2n) is 6.13. The molecule has 0 saturated carbocycles. The summed E-state index contributed by atoms with van der Waals surface area (Å²) >= 11 is 5.64. The van der Waals surface area contributed by atoms with Crippen LogP contribution in [0.2, 0.25) is 5.02 Å². The highest BCUT2D eigenvalue weighted by atomic mass is 35.5. The van der Waals surface area contributed by atoms with Gasteiger partial charge in [0.15, 0.2) is 0 Å². The van der Waals surface area contributed by atoms with Crippen LogP contribution in [0.4, 0.5) is 18.9 Å². The van der Waals surface area contributed by atoms with Gasteiger partial charge in [0.1, 0.15) is 0 Å². The lowest BCUT2D eigenvalue weighted by molar-refractivity contribution is -0.137. The first-order valence-corrected chi connectivity index (χ1v) is 7.95. The number of hydrogen-bond donors (Lipinski definition) is 0. The van der Waals surface area contributed by atoms with E-state index in [0.29, 0.717) is 44.2 Å². The van der Waals surface area contributed by atoms with Gasteiger partial charge in [0.2, 0.25) is 5.91 Å². The maximum Gasteiger partial charge on any atom is 0.417 e. The van der Waals surface area contributed by atoms with E-state index in [0.717, 1.165) is 6.07 Å². The molecule has 128 valence electrons. The van der Waals surface area contributed by atoms with Crippen LogP contribution in [0.5, 0.6) is 0 Å². The van der Waals surface area contributed by atoms with E-state index in [1.165, 1.54) is 6.07 Å². The number of piperazine rings is 1. The predicted molar refractivity (Wildman–Crippen MR) is 84.7 cm³/mol. The fourth-order valence-electron chi connectivity index (χ4n) is 2.62. The minimum atomic E-state index is -4.47. The van der Waals surface area contributed by atoms with Crippen molar-refractivity contribution in [3.05, 3.63) is 28.8 Å². The Kier molecular flexibility index (Phi) is 5.45. The first-order valence-electron chi connectivity index (χ1n) is 7.58. The fourth-order valence-corrected chi connectivity index (χ4v) is 2.84. The summed E-state index contributed by atoms with van der Waals surface area (Å²) in [5.41, 5.74) is -0.340. The molecule has 0 aliphatic carbocycles. The normalized spacial score (nSPS) is 16.1. The van der Waals surface area contributed by atoms with Crippen LogP contribution >= 0.6 is 11.6 Å². The highest BCUT2D eigenvalue weighted by molar-refractivity contribution is 6.31. The molecular formula is C16H20ClF3N2O. The minimum Gasteiger partial charge on any atom is -0.368 e. The number of alkyl halides is 3. The van der Waals surface area contributed by atoms with Crippen molar-refractivity contribution in [2.24, 2.45) is 5.92 Å². The maximum atomic E-state index is 12.9. The Balaban J connectivity index is 2.05. The van der Waals surface area contributed by atoms with Crippen LogP contribution in [-0.2, 0) is 11.0 Å². The molecular weight excluding hydrogens is 329 g/mol. The van der Waals surface area contributed by atoms with Crippen molar-refractivity contribution < 1.29 is 18.0 Å². The predicted octanol–water partition coefficient (Wildman–Crippen LogP) is 4.05. The molecule has 2 rings (SSSR count). The van der Waals surface area contributed by atoms with Gasteiger partial charge in [-0.3, -0.25) is 4.79 Å². The number of amides is 1. The van der Waals surface area contributed by atoms with Crippen molar-refractivity contribution in [2.45, 2.75) is 26.4 Å². The van der Waals surface area contributed by atoms with Crippen molar-refractivity contribution in [2.75, 3.05) is 31.1 Å². The van der Waals surface area contributed by atoms with E-state index in [4.69, 9.17) is 11.6 Å². The molecule has 1 aliphatic rings. The molecule has 0 bridgehead atoms. The third-order valence-corrected chi connectivity index (χ3v) is 4.17. The molecule has 1 aliphatic heterocycles. The first-order chi connectivity index (χ1) is 10.7. The smallest absolute Gasteiger partial charge is 0.368 e. The minimum absolute atomic E-state index is 0.103. The Morgan fingerprint density at radius 1 is 1.22 bits per heavy atom. The third-order valence-electron chi connectivity index (χ3n) is 3.84. The number of carbonyl (C=O) groups is 1. The zero-order chi connectivity index (χ0) is 17.2. The summed E-state index contributed by atoms with van der Waals surface area (Å²) in [5.74, 6) is 0.401. The first kappa shape index (κ1) is 17.9. The van der Waals surface area contributed by atoms with Gasteiger partial charge < -0.3 is 9.80 Å².